The molecule has 106 valence electrons. The van der Waals surface area contributed by atoms with Crippen LogP contribution in [0.5, 0.6) is 0 Å². The second-order valence-corrected chi connectivity index (χ2v) is 5.68. The molecule has 1 aromatic rings. The van der Waals surface area contributed by atoms with E-state index in [1.807, 2.05) is 24.3 Å². The molecule has 1 fully saturated rings. The molecule has 2 rings (SSSR count). The lowest BCUT2D eigenvalue weighted by Crippen LogP contribution is -2.91. The molecule has 1 atom stereocenters. The molecular formula is C15H23ClNO2+. The molecule has 4 heteroatoms. The Hall–Kier alpha value is -0.610. The number of aliphatic hydroxyl groups is 1. The molecule has 1 aliphatic carbocycles. The lowest BCUT2D eigenvalue weighted by atomic mass is 10.2. The average Bonchev–Trinajstić information content (AvgIpc) is 2.92. The Balaban J connectivity index is 1.61. The van der Waals surface area contributed by atoms with Gasteiger partial charge < -0.3 is 15.2 Å². The normalized spacial score (nSPS) is 17.8. The van der Waals surface area contributed by atoms with Gasteiger partial charge in [0.1, 0.15) is 12.6 Å². The van der Waals surface area contributed by atoms with Gasteiger partial charge >= 0.3 is 0 Å². The van der Waals surface area contributed by atoms with E-state index < -0.39 is 6.10 Å². The summed E-state index contributed by atoms with van der Waals surface area (Å²) in [4.78, 5) is 0. The molecule has 1 saturated carbocycles. The van der Waals surface area contributed by atoms with Gasteiger partial charge in [0.25, 0.3) is 0 Å². The van der Waals surface area contributed by atoms with Crippen molar-refractivity contribution in [2.24, 2.45) is 0 Å². The lowest BCUT2D eigenvalue weighted by molar-refractivity contribution is -0.693. The first-order valence-electron chi connectivity index (χ1n) is 7.08. The topological polar surface area (TPSA) is 46.1 Å². The zero-order chi connectivity index (χ0) is 13.5. The summed E-state index contributed by atoms with van der Waals surface area (Å²) in [5.41, 5.74) is 0.969. The van der Waals surface area contributed by atoms with E-state index in [2.05, 4.69) is 5.32 Å². The van der Waals surface area contributed by atoms with Gasteiger partial charge in [-0.3, -0.25) is 0 Å². The highest BCUT2D eigenvalue weighted by Gasteiger charge is 2.19. The summed E-state index contributed by atoms with van der Waals surface area (Å²) >= 11 is 6.04. The third kappa shape index (κ3) is 5.11. The van der Waals surface area contributed by atoms with Gasteiger partial charge in [-0.2, -0.15) is 0 Å². The molecule has 3 nitrogen and oxygen atoms in total. The molecule has 0 radical (unpaired) electrons. The monoisotopic (exact) mass is 284 g/mol. The first kappa shape index (κ1) is 14.8. The molecule has 1 aliphatic rings. The van der Waals surface area contributed by atoms with Crippen molar-refractivity contribution in [3.05, 3.63) is 34.9 Å². The van der Waals surface area contributed by atoms with Crippen molar-refractivity contribution < 1.29 is 15.2 Å². The van der Waals surface area contributed by atoms with Crippen molar-refractivity contribution in [3.63, 3.8) is 0 Å². The smallest absolute Gasteiger partial charge is 0.126 e. The van der Waals surface area contributed by atoms with Gasteiger partial charge in [0.15, 0.2) is 0 Å². The number of quaternary nitrogens is 1. The van der Waals surface area contributed by atoms with Crippen LogP contribution in [0.1, 0.15) is 31.2 Å². The summed E-state index contributed by atoms with van der Waals surface area (Å²) in [6.45, 7) is 1.56. The maximum absolute atomic E-state index is 9.87. The standard InChI is InChI=1S/C15H22ClNO2/c16-15-8-4-1-5-12(15)10-19-11-14(18)9-17-13-6-2-3-7-13/h1,4-5,8,13-14,17-18H,2-3,6-7,9-11H2/p+1/t14-/m0/s1. The van der Waals surface area contributed by atoms with Crippen LogP contribution < -0.4 is 5.32 Å². The fraction of sp³-hybridized carbons (Fsp3) is 0.600. The Kier molecular flexibility index (Phi) is 6.11. The Morgan fingerprint density at radius 1 is 1.32 bits per heavy atom. The Labute approximate surface area is 119 Å². The van der Waals surface area contributed by atoms with Crippen LogP contribution in [-0.4, -0.2) is 30.4 Å². The quantitative estimate of drug-likeness (QED) is 0.801. The van der Waals surface area contributed by atoms with Gasteiger partial charge in [0, 0.05) is 5.02 Å². The summed E-state index contributed by atoms with van der Waals surface area (Å²) < 4.78 is 5.52. The maximum Gasteiger partial charge on any atom is 0.126 e. The van der Waals surface area contributed by atoms with Crippen molar-refractivity contribution in [2.45, 2.75) is 44.4 Å². The van der Waals surface area contributed by atoms with E-state index in [9.17, 15) is 5.11 Å². The lowest BCUT2D eigenvalue weighted by Gasteiger charge is -2.13. The molecule has 0 aliphatic heterocycles. The summed E-state index contributed by atoms with van der Waals surface area (Å²) in [6.07, 6.45) is 4.84. The molecule has 19 heavy (non-hydrogen) atoms. The first-order chi connectivity index (χ1) is 9.25. The minimum absolute atomic E-state index is 0.369. The number of rotatable bonds is 7. The first-order valence-corrected chi connectivity index (χ1v) is 7.46. The molecule has 0 saturated heterocycles. The summed E-state index contributed by atoms with van der Waals surface area (Å²) in [5, 5.41) is 12.8. The van der Waals surface area contributed by atoms with Crippen molar-refractivity contribution in [1.29, 1.82) is 0 Å². The second kappa shape index (κ2) is 7.85. The van der Waals surface area contributed by atoms with E-state index in [0.717, 1.165) is 17.1 Å². The van der Waals surface area contributed by atoms with Gasteiger partial charge in [0.2, 0.25) is 0 Å². The third-order valence-electron chi connectivity index (χ3n) is 3.67. The van der Waals surface area contributed by atoms with Crippen molar-refractivity contribution >= 4 is 11.6 Å². The molecular weight excluding hydrogens is 262 g/mol. The van der Waals surface area contributed by atoms with Gasteiger partial charge in [-0.1, -0.05) is 29.8 Å². The highest BCUT2D eigenvalue weighted by molar-refractivity contribution is 6.31. The summed E-state index contributed by atoms with van der Waals surface area (Å²) in [6, 6.07) is 8.34. The summed E-state index contributed by atoms with van der Waals surface area (Å²) in [7, 11) is 0. The van der Waals surface area contributed by atoms with Gasteiger partial charge in [-0.25, -0.2) is 0 Å². The molecule has 0 spiro atoms. The zero-order valence-corrected chi connectivity index (χ0v) is 12.0. The predicted octanol–water partition coefficient (Wildman–Crippen LogP) is 1.72. The molecule has 0 amide bonds. The molecule has 0 unspecified atom stereocenters. The summed E-state index contributed by atoms with van der Waals surface area (Å²) in [5.74, 6) is 0. The second-order valence-electron chi connectivity index (χ2n) is 5.28. The van der Waals surface area contributed by atoms with Crippen LogP contribution in [0.3, 0.4) is 0 Å². The third-order valence-corrected chi connectivity index (χ3v) is 4.04. The van der Waals surface area contributed by atoms with Crippen LogP contribution >= 0.6 is 11.6 Å². The van der Waals surface area contributed by atoms with Crippen LogP contribution in [0, 0.1) is 0 Å². The van der Waals surface area contributed by atoms with E-state index in [4.69, 9.17) is 16.3 Å². The molecule has 0 aromatic heterocycles. The largest absolute Gasteiger partial charge is 0.385 e. The van der Waals surface area contributed by atoms with Crippen LogP contribution in [-0.2, 0) is 11.3 Å². The molecule has 1 aromatic carbocycles. The van der Waals surface area contributed by atoms with E-state index >= 15 is 0 Å². The number of hydrogen-bond acceptors (Lipinski definition) is 2. The van der Waals surface area contributed by atoms with Crippen molar-refractivity contribution in [2.75, 3.05) is 13.2 Å². The fourth-order valence-corrected chi connectivity index (χ4v) is 2.72. The molecule has 0 heterocycles. The van der Waals surface area contributed by atoms with E-state index in [1.54, 1.807) is 0 Å². The van der Waals surface area contributed by atoms with Crippen LogP contribution in [0.15, 0.2) is 24.3 Å². The van der Waals surface area contributed by atoms with Gasteiger partial charge in [0.05, 0.1) is 19.3 Å². The average molecular weight is 285 g/mol. The van der Waals surface area contributed by atoms with Crippen LogP contribution in [0.4, 0.5) is 0 Å². The van der Waals surface area contributed by atoms with E-state index in [-0.39, 0.29) is 0 Å². The van der Waals surface area contributed by atoms with Crippen LogP contribution in [0.2, 0.25) is 5.02 Å². The Bertz CT molecular complexity index is 380. The number of nitrogens with two attached hydrogens (primary N) is 1. The van der Waals surface area contributed by atoms with E-state index in [1.165, 1.54) is 25.7 Å². The maximum atomic E-state index is 9.87. The highest BCUT2D eigenvalue weighted by atomic mass is 35.5. The van der Waals surface area contributed by atoms with Crippen molar-refractivity contribution in [1.82, 2.24) is 0 Å². The molecule has 0 bridgehead atoms. The number of hydrogen-bond donors (Lipinski definition) is 2. The number of aliphatic hydroxyl groups excluding tert-OH is 1. The molecule has 3 N–H and O–H groups in total. The fourth-order valence-electron chi connectivity index (χ4n) is 2.53. The minimum Gasteiger partial charge on any atom is -0.385 e. The van der Waals surface area contributed by atoms with Crippen molar-refractivity contribution in [3.8, 4) is 0 Å². The predicted molar refractivity (Wildman–Crippen MR) is 76.2 cm³/mol. The highest BCUT2D eigenvalue weighted by Crippen LogP contribution is 2.16. The zero-order valence-electron chi connectivity index (χ0n) is 11.2. The number of halogens is 1. The van der Waals surface area contributed by atoms with Gasteiger partial charge in [-0.15, -0.1) is 0 Å². The Morgan fingerprint density at radius 3 is 2.79 bits per heavy atom. The number of benzene rings is 1. The SMILES string of the molecule is O[C@@H](C[NH2+]C1CCCC1)COCc1ccccc1Cl. The van der Waals surface area contributed by atoms with Gasteiger partial charge in [-0.05, 0) is 37.3 Å². The van der Waals surface area contributed by atoms with Crippen LogP contribution in [0.25, 0.3) is 0 Å². The number of ether oxygens (including phenoxy) is 1. The Morgan fingerprint density at radius 2 is 2.05 bits per heavy atom. The minimum atomic E-state index is -0.400. The van der Waals surface area contributed by atoms with E-state index in [0.29, 0.717) is 19.3 Å².